The predicted octanol–water partition coefficient (Wildman–Crippen LogP) is 3.46. The molecule has 1 aliphatic rings. The number of nitrogens with one attached hydrogen (secondary N) is 2. The maximum Gasteiger partial charge on any atom is 0.191 e. The number of hydrogen-bond acceptors (Lipinski definition) is 5. The standard InChI is InChI=1S/C23H34N4O2S.HI/c1-2-24-23(25-14-22(28)17-29-16-19-6-4-3-5-7-19)26-21-8-11-27(12-9-21)15-20-10-13-30-18-20;/h3-7,10,13,18,21-22,28H,2,8-9,11-12,14-17H2,1H3,(H2,24,25,26);1H. The van der Waals surface area contributed by atoms with Crippen LogP contribution in [0.2, 0.25) is 0 Å². The Morgan fingerprint density at radius 3 is 2.68 bits per heavy atom. The molecule has 0 bridgehead atoms. The van der Waals surface area contributed by atoms with Crippen molar-refractivity contribution < 1.29 is 9.84 Å². The third-order valence-corrected chi connectivity index (χ3v) is 5.87. The minimum absolute atomic E-state index is 0. The zero-order valence-electron chi connectivity index (χ0n) is 18.2. The van der Waals surface area contributed by atoms with Crippen molar-refractivity contribution in [3.05, 3.63) is 58.3 Å². The van der Waals surface area contributed by atoms with Gasteiger partial charge in [-0.05, 0) is 47.7 Å². The lowest BCUT2D eigenvalue weighted by atomic mass is 10.0. The third kappa shape index (κ3) is 9.86. The molecule has 0 aliphatic carbocycles. The Hall–Kier alpha value is -1.20. The molecule has 8 heteroatoms. The van der Waals surface area contributed by atoms with Crippen molar-refractivity contribution in [2.75, 3.05) is 32.8 Å². The molecule has 0 saturated carbocycles. The van der Waals surface area contributed by atoms with Crippen molar-refractivity contribution in [1.82, 2.24) is 15.5 Å². The molecule has 31 heavy (non-hydrogen) atoms. The number of halogens is 1. The molecule has 1 aromatic carbocycles. The smallest absolute Gasteiger partial charge is 0.191 e. The fourth-order valence-electron chi connectivity index (χ4n) is 3.53. The van der Waals surface area contributed by atoms with Crippen molar-refractivity contribution in [3.8, 4) is 0 Å². The summed E-state index contributed by atoms with van der Waals surface area (Å²) in [5, 5.41) is 21.4. The average molecular weight is 559 g/mol. The van der Waals surface area contributed by atoms with Gasteiger partial charge in [-0.3, -0.25) is 9.89 Å². The van der Waals surface area contributed by atoms with Crippen LogP contribution < -0.4 is 10.6 Å². The lowest BCUT2D eigenvalue weighted by Crippen LogP contribution is -2.48. The van der Waals surface area contributed by atoms with E-state index in [4.69, 9.17) is 4.74 Å². The number of rotatable bonds is 10. The van der Waals surface area contributed by atoms with Gasteiger partial charge in [0.1, 0.15) is 0 Å². The molecule has 0 amide bonds. The molecule has 6 nitrogen and oxygen atoms in total. The van der Waals surface area contributed by atoms with E-state index in [0.29, 0.717) is 19.2 Å². The van der Waals surface area contributed by atoms with E-state index in [0.717, 1.165) is 50.5 Å². The molecule has 172 valence electrons. The van der Waals surface area contributed by atoms with Crippen LogP contribution in [-0.4, -0.2) is 60.9 Å². The van der Waals surface area contributed by atoms with Crippen molar-refractivity contribution in [2.45, 2.75) is 45.1 Å². The third-order valence-electron chi connectivity index (χ3n) is 5.14. The Kier molecular flexibility index (Phi) is 12.4. The SMILES string of the molecule is CCNC(=NCC(O)COCc1ccccc1)NC1CCN(Cc2ccsc2)CC1.I. The summed E-state index contributed by atoms with van der Waals surface area (Å²) in [6.45, 7) is 7.17. The van der Waals surface area contributed by atoms with Crippen molar-refractivity contribution in [1.29, 1.82) is 0 Å². The zero-order chi connectivity index (χ0) is 21.0. The molecule has 2 heterocycles. The molecule has 1 atom stereocenters. The Morgan fingerprint density at radius 2 is 2.00 bits per heavy atom. The average Bonchev–Trinajstić information content (AvgIpc) is 3.27. The largest absolute Gasteiger partial charge is 0.389 e. The molecule has 1 unspecified atom stereocenters. The molecule has 1 saturated heterocycles. The van der Waals surface area contributed by atoms with Gasteiger partial charge < -0.3 is 20.5 Å². The van der Waals surface area contributed by atoms with E-state index in [1.54, 1.807) is 11.3 Å². The summed E-state index contributed by atoms with van der Waals surface area (Å²) in [6, 6.07) is 12.6. The van der Waals surface area contributed by atoms with Gasteiger partial charge in [-0.15, -0.1) is 24.0 Å². The van der Waals surface area contributed by atoms with E-state index in [-0.39, 0.29) is 30.6 Å². The van der Waals surface area contributed by atoms with Crippen LogP contribution in [0.3, 0.4) is 0 Å². The van der Waals surface area contributed by atoms with Gasteiger partial charge in [-0.2, -0.15) is 11.3 Å². The Balaban J connectivity index is 0.00000341. The maximum absolute atomic E-state index is 10.2. The Bertz CT molecular complexity index is 737. The first kappa shape index (κ1) is 26.1. The Morgan fingerprint density at radius 1 is 1.23 bits per heavy atom. The van der Waals surface area contributed by atoms with Gasteiger partial charge in [0.05, 0.1) is 25.9 Å². The van der Waals surface area contributed by atoms with Crippen LogP contribution in [0, 0.1) is 0 Å². The zero-order valence-corrected chi connectivity index (χ0v) is 21.4. The first-order chi connectivity index (χ1) is 14.7. The summed E-state index contributed by atoms with van der Waals surface area (Å²) in [5.41, 5.74) is 2.51. The molecular weight excluding hydrogens is 523 g/mol. The fourth-order valence-corrected chi connectivity index (χ4v) is 4.19. The first-order valence-electron chi connectivity index (χ1n) is 10.8. The summed E-state index contributed by atoms with van der Waals surface area (Å²) in [5.74, 6) is 0.774. The van der Waals surface area contributed by atoms with E-state index in [1.165, 1.54) is 5.56 Å². The van der Waals surface area contributed by atoms with Gasteiger partial charge in [0.2, 0.25) is 0 Å². The monoisotopic (exact) mass is 558 g/mol. The summed E-state index contributed by atoms with van der Waals surface area (Å²) in [7, 11) is 0. The highest BCUT2D eigenvalue weighted by Crippen LogP contribution is 2.15. The van der Waals surface area contributed by atoms with Crippen LogP contribution in [0.15, 0.2) is 52.2 Å². The number of likely N-dealkylation sites (tertiary alicyclic amines) is 1. The molecule has 0 radical (unpaired) electrons. The molecule has 3 rings (SSSR count). The van der Waals surface area contributed by atoms with E-state index in [2.05, 4.69) is 44.3 Å². The molecule has 2 aromatic rings. The van der Waals surface area contributed by atoms with Crippen molar-refractivity contribution >= 4 is 41.3 Å². The van der Waals surface area contributed by atoms with Crippen LogP contribution >= 0.6 is 35.3 Å². The van der Waals surface area contributed by atoms with Gasteiger partial charge in [-0.25, -0.2) is 0 Å². The molecule has 3 N–H and O–H groups in total. The number of aliphatic imine (C=N–C) groups is 1. The molecule has 1 aliphatic heterocycles. The van der Waals surface area contributed by atoms with Crippen molar-refractivity contribution in [2.24, 2.45) is 4.99 Å². The van der Waals surface area contributed by atoms with Gasteiger partial charge >= 0.3 is 0 Å². The number of hydrogen-bond donors (Lipinski definition) is 3. The van der Waals surface area contributed by atoms with Gasteiger partial charge in [0.25, 0.3) is 0 Å². The molecular formula is C23H35IN4O2S. The lowest BCUT2D eigenvalue weighted by Gasteiger charge is -2.33. The van der Waals surface area contributed by atoms with E-state index in [9.17, 15) is 5.11 Å². The normalized spacial score (nSPS) is 16.5. The fraction of sp³-hybridized carbons (Fsp3) is 0.522. The number of guanidine groups is 1. The molecule has 1 fully saturated rings. The molecule has 0 spiro atoms. The quantitative estimate of drug-likeness (QED) is 0.237. The second kappa shape index (κ2) is 14.8. The van der Waals surface area contributed by atoms with E-state index < -0.39 is 6.10 Å². The highest BCUT2D eigenvalue weighted by atomic mass is 127. The van der Waals surface area contributed by atoms with Crippen LogP contribution in [0.25, 0.3) is 0 Å². The minimum Gasteiger partial charge on any atom is -0.389 e. The van der Waals surface area contributed by atoms with Crippen LogP contribution in [0.4, 0.5) is 0 Å². The molecule has 1 aromatic heterocycles. The van der Waals surface area contributed by atoms with Gasteiger partial charge in [0, 0.05) is 32.2 Å². The number of piperidine rings is 1. The second-order valence-electron chi connectivity index (χ2n) is 7.70. The van der Waals surface area contributed by atoms with Crippen molar-refractivity contribution in [3.63, 3.8) is 0 Å². The summed E-state index contributed by atoms with van der Waals surface area (Å²) in [6.07, 6.45) is 1.57. The summed E-state index contributed by atoms with van der Waals surface area (Å²) < 4.78 is 5.61. The van der Waals surface area contributed by atoms with Gasteiger partial charge in [0.15, 0.2) is 5.96 Å². The summed E-state index contributed by atoms with van der Waals surface area (Å²) >= 11 is 1.76. The first-order valence-corrected chi connectivity index (χ1v) is 11.7. The number of thiophene rings is 1. The Labute approximate surface area is 207 Å². The number of ether oxygens (including phenoxy) is 1. The van der Waals surface area contributed by atoms with E-state index >= 15 is 0 Å². The summed E-state index contributed by atoms with van der Waals surface area (Å²) in [4.78, 5) is 7.08. The number of aliphatic hydroxyl groups is 1. The number of aliphatic hydroxyl groups excluding tert-OH is 1. The highest BCUT2D eigenvalue weighted by Gasteiger charge is 2.20. The predicted molar refractivity (Wildman–Crippen MR) is 139 cm³/mol. The number of benzene rings is 1. The van der Waals surface area contributed by atoms with Crippen LogP contribution in [0.1, 0.15) is 30.9 Å². The van der Waals surface area contributed by atoms with Crippen LogP contribution in [0.5, 0.6) is 0 Å². The van der Waals surface area contributed by atoms with E-state index in [1.807, 2.05) is 30.3 Å². The highest BCUT2D eigenvalue weighted by molar-refractivity contribution is 14.0. The van der Waals surface area contributed by atoms with Gasteiger partial charge in [-0.1, -0.05) is 30.3 Å². The second-order valence-corrected chi connectivity index (χ2v) is 8.48. The number of nitrogens with zero attached hydrogens (tertiary/aromatic N) is 2. The minimum atomic E-state index is -0.614. The maximum atomic E-state index is 10.2. The van der Waals surface area contributed by atoms with Crippen LogP contribution in [-0.2, 0) is 17.9 Å². The topological polar surface area (TPSA) is 69.1 Å². The lowest BCUT2D eigenvalue weighted by molar-refractivity contribution is 0.0331.